The molecule has 0 spiro atoms. The molecule has 3 heterocycles. The predicted octanol–water partition coefficient (Wildman–Crippen LogP) is 5.25. The number of ether oxygens (including phenoxy) is 2. The molecule has 0 bridgehead atoms. The van der Waals surface area contributed by atoms with Gasteiger partial charge >= 0.3 is 11.9 Å². The van der Waals surface area contributed by atoms with Gasteiger partial charge in [-0.25, -0.2) is 9.59 Å². The van der Waals surface area contributed by atoms with Gasteiger partial charge in [0, 0.05) is 0 Å². The fourth-order valence-corrected chi connectivity index (χ4v) is 6.19. The summed E-state index contributed by atoms with van der Waals surface area (Å²) in [4.78, 5) is 51.5. The lowest BCUT2D eigenvalue weighted by atomic mass is 10.1. The zero-order valence-electron chi connectivity index (χ0n) is 25.2. The zero-order chi connectivity index (χ0) is 32.0. The Morgan fingerprint density at radius 1 is 1.05 bits per heavy atom. The third-order valence-corrected chi connectivity index (χ3v) is 8.66. The Hall–Kier alpha value is -4.43. The Balaban J connectivity index is 1.62. The van der Waals surface area contributed by atoms with Gasteiger partial charge in [0.1, 0.15) is 9.88 Å². The molecule has 12 nitrogen and oxygen atoms in total. The molecule has 0 fully saturated rings. The van der Waals surface area contributed by atoms with Crippen LogP contribution in [0.2, 0.25) is 0 Å². The normalized spacial score (nSPS) is 11.6. The molecule has 0 aliphatic heterocycles. The number of carbonyl (C=O) groups excluding carboxylic acids is 4. The number of nitrogens with one attached hydrogen (secondary N) is 2. The van der Waals surface area contributed by atoms with Crippen LogP contribution in [0.3, 0.4) is 0 Å². The number of nitrogens with zero attached hydrogens (tertiary/aromatic N) is 3. The number of anilines is 1. The molecular weight excluding hydrogens is 606 g/mol. The van der Waals surface area contributed by atoms with Crippen LogP contribution in [0.15, 0.2) is 46.2 Å². The highest BCUT2D eigenvalue weighted by atomic mass is 32.2. The molecule has 232 valence electrons. The van der Waals surface area contributed by atoms with Crippen LogP contribution in [0.4, 0.5) is 5.00 Å². The molecule has 0 radical (unpaired) electrons. The fourth-order valence-electron chi connectivity index (χ4n) is 4.21. The minimum atomic E-state index is -0.711. The van der Waals surface area contributed by atoms with Crippen molar-refractivity contribution in [2.75, 3.05) is 18.5 Å². The molecule has 4 aromatic rings. The SMILES string of the molecule is CCOC(=O)c1sc(NC(=O)[C@@H](C)Sc2nnc(CNC(=O)c3ccco3)n2-c2cc(C)ccc2C)c(C(=O)OCC)c1C. The van der Waals surface area contributed by atoms with E-state index in [9.17, 15) is 19.2 Å². The smallest absolute Gasteiger partial charge is 0.348 e. The average molecular weight is 640 g/mol. The molecule has 0 saturated heterocycles. The molecule has 14 heteroatoms. The van der Waals surface area contributed by atoms with Crippen molar-refractivity contribution in [3.05, 3.63) is 75.3 Å². The molecule has 0 unspecified atom stereocenters. The van der Waals surface area contributed by atoms with E-state index in [1.54, 1.807) is 44.4 Å². The maximum atomic E-state index is 13.5. The second-order valence-electron chi connectivity index (χ2n) is 9.63. The van der Waals surface area contributed by atoms with Gasteiger partial charge in [0.15, 0.2) is 16.7 Å². The standard InChI is InChI=1S/C30H33N5O7S2/c1-7-40-28(38)23-18(5)24(29(39)41-8-2)44-27(23)32-25(36)19(6)43-30-34-33-22(15-31-26(37)21-10-9-13-42-21)35(30)20-14-16(3)11-12-17(20)4/h9-14,19H,7-8,15H2,1-6H3,(H,31,37)(H,32,36)/t19-/m1/s1. The van der Waals surface area contributed by atoms with Gasteiger partial charge in [-0.3, -0.25) is 14.2 Å². The van der Waals surface area contributed by atoms with Crippen LogP contribution < -0.4 is 10.6 Å². The second-order valence-corrected chi connectivity index (χ2v) is 12.0. The first kappa shape index (κ1) is 32.5. The Morgan fingerprint density at radius 2 is 1.77 bits per heavy atom. The summed E-state index contributed by atoms with van der Waals surface area (Å²) < 4.78 is 17.3. The van der Waals surface area contributed by atoms with Crippen LogP contribution >= 0.6 is 23.1 Å². The number of carbonyl (C=O) groups is 4. The summed E-state index contributed by atoms with van der Waals surface area (Å²) in [5, 5.41) is 14.2. The van der Waals surface area contributed by atoms with E-state index in [4.69, 9.17) is 13.9 Å². The van der Waals surface area contributed by atoms with Gasteiger partial charge < -0.3 is 24.5 Å². The first-order valence-corrected chi connectivity index (χ1v) is 15.5. The molecule has 4 rings (SSSR count). The lowest BCUT2D eigenvalue weighted by molar-refractivity contribution is -0.115. The van der Waals surface area contributed by atoms with E-state index in [1.165, 1.54) is 6.26 Å². The Bertz CT molecular complexity index is 1680. The van der Waals surface area contributed by atoms with E-state index in [0.29, 0.717) is 16.5 Å². The quantitative estimate of drug-likeness (QED) is 0.155. The minimum absolute atomic E-state index is 0.0507. The minimum Gasteiger partial charge on any atom is -0.462 e. The molecule has 3 aromatic heterocycles. The number of amides is 2. The van der Waals surface area contributed by atoms with Gasteiger partial charge in [-0.1, -0.05) is 23.9 Å². The number of thiophene rings is 1. The Morgan fingerprint density at radius 3 is 2.45 bits per heavy atom. The van der Waals surface area contributed by atoms with Crippen LogP contribution in [0.1, 0.15) is 73.9 Å². The van der Waals surface area contributed by atoms with Crippen molar-refractivity contribution in [1.29, 1.82) is 0 Å². The van der Waals surface area contributed by atoms with E-state index < -0.39 is 29.0 Å². The maximum absolute atomic E-state index is 13.5. The molecular formula is C30H33N5O7S2. The van der Waals surface area contributed by atoms with E-state index >= 15 is 0 Å². The number of hydrogen-bond acceptors (Lipinski definition) is 11. The Labute approximate surface area is 262 Å². The number of rotatable bonds is 12. The lowest BCUT2D eigenvalue weighted by Crippen LogP contribution is -2.25. The number of benzene rings is 1. The van der Waals surface area contributed by atoms with Crippen molar-refractivity contribution in [1.82, 2.24) is 20.1 Å². The fraction of sp³-hybridized carbons (Fsp3) is 0.333. The molecule has 44 heavy (non-hydrogen) atoms. The summed E-state index contributed by atoms with van der Waals surface area (Å²) in [6.45, 7) is 10.9. The summed E-state index contributed by atoms with van der Waals surface area (Å²) in [6, 6.07) is 9.11. The van der Waals surface area contributed by atoms with E-state index in [-0.39, 0.29) is 41.0 Å². The van der Waals surface area contributed by atoms with Crippen molar-refractivity contribution < 1.29 is 33.1 Å². The number of hydrogen-bond donors (Lipinski definition) is 2. The predicted molar refractivity (Wildman–Crippen MR) is 166 cm³/mol. The van der Waals surface area contributed by atoms with Crippen molar-refractivity contribution in [3.63, 3.8) is 0 Å². The van der Waals surface area contributed by atoms with E-state index in [1.807, 2.05) is 32.0 Å². The number of aryl methyl sites for hydroxylation is 2. The van der Waals surface area contributed by atoms with Crippen LogP contribution in [-0.4, -0.2) is 57.0 Å². The lowest BCUT2D eigenvalue weighted by Gasteiger charge is -2.16. The Kier molecular flexibility index (Phi) is 10.6. The highest BCUT2D eigenvalue weighted by molar-refractivity contribution is 8.00. The number of esters is 2. The first-order valence-electron chi connectivity index (χ1n) is 13.8. The highest BCUT2D eigenvalue weighted by Crippen LogP contribution is 2.35. The summed E-state index contributed by atoms with van der Waals surface area (Å²) in [7, 11) is 0. The molecule has 1 atom stereocenters. The van der Waals surface area contributed by atoms with Crippen LogP contribution in [-0.2, 0) is 20.8 Å². The summed E-state index contributed by atoms with van der Waals surface area (Å²) >= 11 is 2.11. The average Bonchev–Trinajstić information content (AvgIpc) is 3.73. The topological polar surface area (TPSA) is 155 Å². The van der Waals surface area contributed by atoms with Crippen molar-refractivity contribution in [2.24, 2.45) is 0 Å². The summed E-state index contributed by atoms with van der Waals surface area (Å²) in [5.74, 6) is -1.45. The summed E-state index contributed by atoms with van der Waals surface area (Å²) in [6.07, 6.45) is 1.42. The monoisotopic (exact) mass is 639 g/mol. The van der Waals surface area contributed by atoms with Crippen LogP contribution in [0.5, 0.6) is 0 Å². The molecule has 2 N–H and O–H groups in total. The van der Waals surface area contributed by atoms with Gasteiger partial charge in [-0.2, -0.15) is 0 Å². The molecule has 1 aromatic carbocycles. The highest BCUT2D eigenvalue weighted by Gasteiger charge is 2.29. The summed E-state index contributed by atoms with van der Waals surface area (Å²) in [5.41, 5.74) is 3.22. The third-order valence-electron chi connectivity index (χ3n) is 6.43. The maximum Gasteiger partial charge on any atom is 0.348 e. The molecule has 0 saturated carbocycles. The first-order chi connectivity index (χ1) is 21.0. The van der Waals surface area contributed by atoms with Gasteiger partial charge in [0.05, 0.1) is 42.5 Å². The van der Waals surface area contributed by atoms with Gasteiger partial charge in [-0.05, 0) is 76.4 Å². The molecule has 0 aliphatic rings. The number of thioether (sulfide) groups is 1. The van der Waals surface area contributed by atoms with Crippen molar-refractivity contribution in [3.8, 4) is 5.69 Å². The van der Waals surface area contributed by atoms with Gasteiger partial charge in [0.2, 0.25) is 5.91 Å². The third kappa shape index (κ3) is 7.19. The van der Waals surface area contributed by atoms with Gasteiger partial charge in [0.25, 0.3) is 5.91 Å². The largest absolute Gasteiger partial charge is 0.462 e. The zero-order valence-corrected chi connectivity index (χ0v) is 26.8. The second kappa shape index (κ2) is 14.4. The van der Waals surface area contributed by atoms with E-state index in [0.717, 1.165) is 39.9 Å². The number of furan rings is 1. The van der Waals surface area contributed by atoms with Crippen molar-refractivity contribution >= 4 is 51.9 Å². The van der Waals surface area contributed by atoms with Crippen molar-refractivity contribution in [2.45, 2.75) is 58.5 Å². The van der Waals surface area contributed by atoms with E-state index in [2.05, 4.69) is 20.8 Å². The molecule has 2 amide bonds. The van der Waals surface area contributed by atoms with Crippen LogP contribution in [0, 0.1) is 20.8 Å². The molecule has 0 aliphatic carbocycles. The van der Waals surface area contributed by atoms with Gasteiger partial charge in [-0.15, -0.1) is 21.5 Å². The van der Waals surface area contributed by atoms with Crippen LogP contribution in [0.25, 0.3) is 5.69 Å². The number of aromatic nitrogens is 3.